The molecule has 49 heavy (non-hydrogen) atoms. The Kier molecular flexibility index (Phi) is 7.43. The molecule has 7 nitrogen and oxygen atoms in total. The van der Waals surface area contributed by atoms with Gasteiger partial charge in [-0.15, -0.1) is 0 Å². The monoisotopic (exact) mass is 649 g/mol. The van der Waals surface area contributed by atoms with E-state index in [4.69, 9.17) is 4.74 Å². The van der Waals surface area contributed by atoms with Gasteiger partial charge in [-0.2, -0.15) is 0 Å². The van der Waals surface area contributed by atoms with Crippen LogP contribution in [0.25, 0.3) is 5.57 Å². The van der Waals surface area contributed by atoms with Crippen molar-refractivity contribution < 1.29 is 29.0 Å². The van der Waals surface area contributed by atoms with Crippen LogP contribution in [0, 0.1) is 23.7 Å². The highest BCUT2D eigenvalue weighted by molar-refractivity contribution is 6.31. The van der Waals surface area contributed by atoms with Gasteiger partial charge in [0.1, 0.15) is 11.5 Å². The number of nitrogens with zero attached hydrogens (tertiary/aromatic N) is 1. The molecule has 1 saturated carbocycles. The molecule has 1 aliphatic heterocycles. The van der Waals surface area contributed by atoms with Crippen molar-refractivity contribution in [3.8, 4) is 11.5 Å². The summed E-state index contributed by atoms with van der Waals surface area (Å²) in [5.41, 5.74) is 2.38. The zero-order valence-corrected chi connectivity index (χ0v) is 27.0. The summed E-state index contributed by atoms with van der Waals surface area (Å²) in [4.78, 5) is 59.7. The second kappa shape index (κ2) is 11.8. The largest absolute Gasteiger partial charge is 0.508 e. The molecule has 244 valence electrons. The van der Waals surface area contributed by atoms with Crippen LogP contribution in [-0.4, -0.2) is 40.5 Å². The Balaban J connectivity index is 1.34. The first-order valence-electron chi connectivity index (χ1n) is 16.7. The van der Waals surface area contributed by atoms with Gasteiger partial charge in [-0.3, -0.25) is 24.1 Å². The molecule has 7 heteroatoms. The SMILES string of the molecule is COc1ccc(C2C3=CCC4C(=O)N(Cc5ccccc5)C(=O)C4C3CC3C(=O)C(c4ccccc4)=CC(=O)C32c2ccccc2)c(O)c1. The van der Waals surface area contributed by atoms with E-state index in [1.165, 1.54) is 24.2 Å². The number of carbonyl (C=O) groups is 4. The van der Waals surface area contributed by atoms with E-state index in [9.17, 15) is 19.5 Å². The summed E-state index contributed by atoms with van der Waals surface area (Å²) in [6.07, 6.45) is 4.02. The number of imide groups is 1. The average molecular weight is 650 g/mol. The number of Topliss-reactive ketones (excluding diaryl/α,β-unsaturated/α-hetero) is 1. The summed E-state index contributed by atoms with van der Waals surface area (Å²) in [5, 5.41) is 11.6. The first-order valence-corrected chi connectivity index (χ1v) is 16.7. The highest BCUT2D eigenvalue weighted by Gasteiger charge is 2.66. The first-order chi connectivity index (χ1) is 23.8. The van der Waals surface area contributed by atoms with E-state index < -0.39 is 35.0 Å². The fourth-order valence-electron chi connectivity index (χ4n) is 9.10. The van der Waals surface area contributed by atoms with Gasteiger partial charge in [0.2, 0.25) is 11.8 Å². The third kappa shape index (κ3) is 4.63. The van der Waals surface area contributed by atoms with E-state index >= 15 is 4.79 Å². The number of aromatic hydroxyl groups is 1. The van der Waals surface area contributed by atoms with Gasteiger partial charge in [-0.1, -0.05) is 109 Å². The Hall–Kier alpha value is -5.56. The van der Waals surface area contributed by atoms with Crippen molar-refractivity contribution in [3.05, 3.63) is 149 Å². The molecular formula is C42H35NO6. The highest BCUT2D eigenvalue weighted by atomic mass is 16.5. The fraction of sp³-hybridized carbons (Fsp3) is 0.238. The number of methoxy groups -OCH3 is 1. The second-order valence-corrected chi connectivity index (χ2v) is 13.5. The third-order valence-corrected chi connectivity index (χ3v) is 11.2. The molecule has 0 spiro atoms. The van der Waals surface area contributed by atoms with Gasteiger partial charge in [-0.05, 0) is 47.6 Å². The molecule has 2 amide bonds. The summed E-state index contributed by atoms with van der Waals surface area (Å²) in [5.74, 6) is -3.95. The summed E-state index contributed by atoms with van der Waals surface area (Å²) < 4.78 is 5.41. The summed E-state index contributed by atoms with van der Waals surface area (Å²) in [7, 11) is 1.51. The van der Waals surface area contributed by atoms with Gasteiger partial charge in [0.25, 0.3) is 0 Å². The molecule has 1 N–H and O–H groups in total. The maximum atomic E-state index is 15.1. The maximum Gasteiger partial charge on any atom is 0.234 e. The predicted molar refractivity (Wildman–Crippen MR) is 183 cm³/mol. The topological polar surface area (TPSA) is 101 Å². The zero-order chi connectivity index (χ0) is 33.9. The van der Waals surface area contributed by atoms with Crippen LogP contribution in [0.1, 0.15) is 41.0 Å². The number of benzene rings is 4. The molecule has 0 aromatic heterocycles. The van der Waals surface area contributed by atoms with E-state index in [2.05, 4.69) is 0 Å². The van der Waals surface area contributed by atoms with Crippen LogP contribution in [0.2, 0.25) is 0 Å². The van der Waals surface area contributed by atoms with Crippen LogP contribution >= 0.6 is 0 Å². The minimum Gasteiger partial charge on any atom is -0.508 e. The van der Waals surface area contributed by atoms with Gasteiger partial charge in [0, 0.05) is 29.0 Å². The van der Waals surface area contributed by atoms with Crippen LogP contribution in [0.4, 0.5) is 0 Å². The maximum absolute atomic E-state index is 15.1. The molecule has 1 saturated heterocycles. The molecule has 0 radical (unpaired) electrons. The van der Waals surface area contributed by atoms with Crippen LogP contribution in [0.5, 0.6) is 11.5 Å². The number of likely N-dealkylation sites (tertiary alicyclic amines) is 1. The van der Waals surface area contributed by atoms with E-state index in [1.54, 1.807) is 12.1 Å². The van der Waals surface area contributed by atoms with Crippen molar-refractivity contribution in [2.24, 2.45) is 23.7 Å². The standard InChI is InChI=1S/C42H35NO6/c1-49-28-17-18-30(35(44)21-28)38-29-19-20-31-37(41(48)43(40(31)47)24-25-11-5-2-6-12-25)33(29)22-34-39(46)32(26-13-7-3-8-14-26)23-36(45)42(34,38)27-15-9-4-10-16-27/h2-19,21,23,31,33-34,37-38,44H,20,22,24H2,1H3. The average Bonchev–Trinajstić information content (AvgIpc) is 3.38. The molecule has 6 unspecified atom stereocenters. The van der Waals surface area contributed by atoms with E-state index in [0.29, 0.717) is 34.4 Å². The fourth-order valence-corrected chi connectivity index (χ4v) is 9.10. The molecule has 6 atom stereocenters. The molecule has 2 fully saturated rings. The smallest absolute Gasteiger partial charge is 0.234 e. The van der Waals surface area contributed by atoms with Crippen LogP contribution in [0.3, 0.4) is 0 Å². The number of rotatable bonds is 6. The number of hydrogen-bond acceptors (Lipinski definition) is 6. The number of phenolic OH excluding ortho intramolecular Hbond substituents is 1. The Labute approximate surface area is 284 Å². The molecule has 8 rings (SSSR count). The van der Waals surface area contributed by atoms with Crippen molar-refractivity contribution in [1.82, 2.24) is 4.90 Å². The van der Waals surface area contributed by atoms with Gasteiger partial charge in [0.05, 0.1) is 30.9 Å². The van der Waals surface area contributed by atoms with Crippen LogP contribution < -0.4 is 4.74 Å². The number of carbonyl (C=O) groups excluding carboxylic acids is 4. The van der Waals surface area contributed by atoms with Crippen molar-refractivity contribution in [1.29, 1.82) is 0 Å². The van der Waals surface area contributed by atoms with E-state index in [1.807, 2.05) is 97.1 Å². The minimum atomic E-state index is -1.41. The minimum absolute atomic E-state index is 0.0697. The number of allylic oxidation sites excluding steroid dienone is 4. The first kappa shape index (κ1) is 30.8. The normalized spacial score (nSPS) is 27.5. The number of amides is 2. The van der Waals surface area contributed by atoms with Crippen molar-refractivity contribution >= 4 is 29.0 Å². The van der Waals surface area contributed by atoms with Crippen LogP contribution in [-0.2, 0) is 31.1 Å². The van der Waals surface area contributed by atoms with Gasteiger partial charge < -0.3 is 9.84 Å². The number of ketones is 2. The molecule has 4 aromatic carbocycles. The van der Waals surface area contributed by atoms with Gasteiger partial charge >= 0.3 is 0 Å². The third-order valence-electron chi connectivity index (χ3n) is 11.2. The Morgan fingerprint density at radius 3 is 2.16 bits per heavy atom. The molecular weight excluding hydrogens is 614 g/mol. The lowest BCUT2D eigenvalue weighted by atomic mass is 9.44. The summed E-state index contributed by atoms with van der Waals surface area (Å²) >= 11 is 0. The van der Waals surface area contributed by atoms with Gasteiger partial charge in [-0.25, -0.2) is 0 Å². The highest BCUT2D eigenvalue weighted by Crippen LogP contribution is 2.64. The summed E-state index contributed by atoms with van der Waals surface area (Å²) in [6, 6.07) is 33.0. The van der Waals surface area contributed by atoms with E-state index in [-0.39, 0.29) is 42.1 Å². The van der Waals surface area contributed by atoms with Crippen molar-refractivity contribution in [2.45, 2.75) is 30.7 Å². The molecule has 4 aliphatic rings. The number of phenols is 1. The lowest BCUT2D eigenvalue weighted by Crippen LogP contribution is -2.58. The number of ether oxygens (including phenoxy) is 1. The second-order valence-electron chi connectivity index (χ2n) is 13.5. The molecule has 1 heterocycles. The Morgan fingerprint density at radius 1 is 0.816 bits per heavy atom. The van der Waals surface area contributed by atoms with Gasteiger partial charge in [0.15, 0.2) is 11.6 Å². The Morgan fingerprint density at radius 2 is 1.49 bits per heavy atom. The molecule has 4 aromatic rings. The van der Waals surface area contributed by atoms with Crippen molar-refractivity contribution in [3.63, 3.8) is 0 Å². The lowest BCUT2D eigenvalue weighted by molar-refractivity contribution is -0.141. The number of hydrogen-bond donors (Lipinski definition) is 1. The van der Waals surface area contributed by atoms with Crippen molar-refractivity contribution in [2.75, 3.05) is 7.11 Å². The predicted octanol–water partition coefficient (Wildman–Crippen LogP) is 6.43. The van der Waals surface area contributed by atoms with Crippen LogP contribution in [0.15, 0.2) is 127 Å². The lowest BCUT2D eigenvalue weighted by Gasteiger charge is -2.55. The number of fused-ring (bicyclic) bond motifs is 4. The molecule has 3 aliphatic carbocycles. The quantitative estimate of drug-likeness (QED) is 0.191. The Bertz CT molecular complexity index is 2050. The zero-order valence-electron chi connectivity index (χ0n) is 27.0. The summed E-state index contributed by atoms with van der Waals surface area (Å²) in [6.45, 7) is 0.173. The van der Waals surface area contributed by atoms with E-state index in [0.717, 1.165) is 11.1 Å². The molecule has 0 bridgehead atoms.